The van der Waals surface area contributed by atoms with Gasteiger partial charge in [0, 0.05) is 35.9 Å². The molecule has 0 spiro atoms. The highest BCUT2D eigenvalue weighted by Gasteiger charge is 2.06. The Morgan fingerprint density at radius 2 is 1.77 bits per heavy atom. The van der Waals surface area contributed by atoms with Gasteiger partial charge in [-0.3, -0.25) is 9.78 Å². The largest absolute Gasteiger partial charge is 0.393 e. The second-order valence-electron chi connectivity index (χ2n) is 5.04. The zero-order valence-electron chi connectivity index (χ0n) is 12.6. The van der Waals surface area contributed by atoms with E-state index >= 15 is 0 Å². The minimum Gasteiger partial charge on any atom is -0.393 e. The summed E-state index contributed by atoms with van der Waals surface area (Å²) in [6.45, 7) is 2.39. The Balaban J connectivity index is 1.87. The fourth-order valence-corrected chi connectivity index (χ4v) is 1.97. The van der Waals surface area contributed by atoms with Gasteiger partial charge in [-0.2, -0.15) is 0 Å². The number of rotatable bonds is 7. The third kappa shape index (κ3) is 4.86. The van der Waals surface area contributed by atoms with E-state index in [4.69, 9.17) is 0 Å². The Morgan fingerprint density at radius 3 is 2.41 bits per heavy atom. The topological polar surface area (TPSA) is 74.2 Å². The molecule has 0 radical (unpaired) electrons. The number of pyridine rings is 1. The van der Waals surface area contributed by atoms with E-state index in [1.807, 2.05) is 31.2 Å². The van der Waals surface area contributed by atoms with E-state index in [1.165, 1.54) is 0 Å². The van der Waals surface area contributed by atoms with Gasteiger partial charge in [0.15, 0.2) is 0 Å². The van der Waals surface area contributed by atoms with Crippen LogP contribution in [0.3, 0.4) is 0 Å². The van der Waals surface area contributed by atoms with Crippen molar-refractivity contribution in [1.82, 2.24) is 10.3 Å². The van der Waals surface area contributed by atoms with Gasteiger partial charge in [-0.1, -0.05) is 6.92 Å². The summed E-state index contributed by atoms with van der Waals surface area (Å²) < 4.78 is 0. The van der Waals surface area contributed by atoms with Crippen LogP contribution < -0.4 is 10.6 Å². The summed E-state index contributed by atoms with van der Waals surface area (Å²) in [7, 11) is 0. The van der Waals surface area contributed by atoms with Gasteiger partial charge >= 0.3 is 0 Å². The number of aliphatic hydroxyl groups is 1. The molecule has 0 saturated heterocycles. The van der Waals surface area contributed by atoms with E-state index in [0.717, 1.165) is 11.4 Å². The van der Waals surface area contributed by atoms with Gasteiger partial charge in [0.05, 0.1) is 6.10 Å². The molecule has 5 nitrogen and oxygen atoms in total. The smallest absolute Gasteiger partial charge is 0.251 e. The Kier molecular flexibility index (Phi) is 5.91. The highest BCUT2D eigenvalue weighted by atomic mass is 16.3. The Labute approximate surface area is 130 Å². The number of aromatic nitrogens is 1. The van der Waals surface area contributed by atoms with Crippen LogP contribution in [0.1, 0.15) is 30.1 Å². The number of hydrogen-bond acceptors (Lipinski definition) is 4. The highest BCUT2D eigenvalue weighted by Crippen LogP contribution is 2.16. The van der Waals surface area contributed by atoms with Crippen molar-refractivity contribution in [2.24, 2.45) is 0 Å². The van der Waals surface area contributed by atoms with Crippen molar-refractivity contribution in [3.05, 3.63) is 54.4 Å². The monoisotopic (exact) mass is 299 g/mol. The lowest BCUT2D eigenvalue weighted by atomic mass is 10.1. The van der Waals surface area contributed by atoms with Gasteiger partial charge < -0.3 is 15.7 Å². The maximum Gasteiger partial charge on any atom is 0.251 e. The van der Waals surface area contributed by atoms with Crippen molar-refractivity contribution in [1.29, 1.82) is 0 Å². The number of amides is 1. The SMILES string of the molecule is CCC(O)CCNC(=O)c1ccc(Nc2ccncc2)cc1. The fraction of sp³-hybridized carbons (Fsp3) is 0.294. The molecule has 5 heteroatoms. The molecule has 0 fully saturated rings. The van der Waals surface area contributed by atoms with Crippen molar-refractivity contribution in [3.63, 3.8) is 0 Å². The van der Waals surface area contributed by atoms with Crippen molar-refractivity contribution >= 4 is 17.3 Å². The molecule has 22 heavy (non-hydrogen) atoms. The number of nitrogens with one attached hydrogen (secondary N) is 2. The van der Waals surface area contributed by atoms with Crippen LogP contribution in [0.25, 0.3) is 0 Å². The first-order valence-electron chi connectivity index (χ1n) is 7.42. The second-order valence-corrected chi connectivity index (χ2v) is 5.04. The maximum atomic E-state index is 12.0. The Bertz CT molecular complexity index is 585. The van der Waals surface area contributed by atoms with E-state index in [-0.39, 0.29) is 12.0 Å². The molecule has 0 bridgehead atoms. The van der Waals surface area contributed by atoms with Crippen LogP contribution in [0, 0.1) is 0 Å². The molecule has 0 aliphatic carbocycles. The summed E-state index contributed by atoms with van der Waals surface area (Å²) in [6.07, 6.45) is 4.35. The minimum absolute atomic E-state index is 0.126. The zero-order valence-corrected chi connectivity index (χ0v) is 12.6. The lowest BCUT2D eigenvalue weighted by molar-refractivity contribution is 0.0942. The molecule has 0 saturated carbocycles. The van der Waals surface area contributed by atoms with Gasteiger partial charge in [0.25, 0.3) is 5.91 Å². The predicted molar refractivity (Wildman–Crippen MR) is 87.2 cm³/mol. The molecule has 2 rings (SSSR count). The molecule has 1 unspecified atom stereocenters. The number of hydrogen-bond donors (Lipinski definition) is 3. The summed E-state index contributed by atoms with van der Waals surface area (Å²) in [5.41, 5.74) is 2.45. The number of aliphatic hydroxyl groups excluding tert-OH is 1. The van der Waals surface area contributed by atoms with E-state index in [9.17, 15) is 9.90 Å². The Morgan fingerprint density at radius 1 is 1.14 bits per heavy atom. The number of carbonyl (C=O) groups is 1. The summed E-state index contributed by atoms with van der Waals surface area (Å²) in [5.74, 6) is -0.126. The number of carbonyl (C=O) groups excluding carboxylic acids is 1. The van der Waals surface area contributed by atoms with Crippen LogP contribution in [-0.4, -0.2) is 28.6 Å². The summed E-state index contributed by atoms with van der Waals surface area (Å²) in [4.78, 5) is 15.9. The highest BCUT2D eigenvalue weighted by molar-refractivity contribution is 5.94. The van der Waals surface area contributed by atoms with Crippen molar-refractivity contribution in [2.45, 2.75) is 25.9 Å². The zero-order chi connectivity index (χ0) is 15.8. The van der Waals surface area contributed by atoms with Gasteiger partial charge in [-0.05, 0) is 49.2 Å². The summed E-state index contributed by atoms with van der Waals surface area (Å²) >= 11 is 0. The van der Waals surface area contributed by atoms with Gasteiger partial charge in [0.2, 0.25) is 0 Å². The lowest BCUT2D eigenvalue weighted by Gasteiger charge is -2.10. The third-order valence-corrected chi connectivity index (χ3v) is 3.35. The van der Waals surface area contributed by atoms with Crippen LogP contribution in [0.2, 0.25) is 0 Å². The van der Waals surface area contributed by atoms with E-state index in [1.54, 1.807) is 24.5 Å². The van der Waals surface area contributed by atoms with Crippen molar-refractivity contribution in [3.8, 4) is 0 Å². The molecular weight excluding hydrogens is 278 g/mol. The summed E-state index contributed by atoms with van der Waals surface area (Å²) in [6, 6.07) is 11.0. The first-order valence-corrected chi connectivity index (χ1v) is 7.42. The fourth-order valence-electron chi connectivity index (χ4n) is 1.97. The molecule has 2 aromatic rings. The summed E-state index contributed by atoms with van der Waals surface area (Å²) in [5, 5.41) is 15.5. The maximum absolute atomic E-state index is 12.0. The predicted octanol–water partition coefficient (Wildman–Crippen LogP) is 2.72. The first kappa shape index (κ1) is 16.0. The van der Waals surface area contributed by atoms with E-state index < -0.39 is 0 Å². The number of nitrogens with zero attached hydrogens (tertiary/aromatic N) is 1. The average Bonchev–Trinajstić information content (AvgIpc) is 2.56. The molecule has 1 aromatic carbocycles. The second kappa shape index (κ2) is 8.14. The minimum atomic E-state index is -0.354. The van der Waals surface area contributed by atoms with Crippen LogP contribution in [0.15, 0.2) is 48.8 Å². The number of benzene rings is 1. The van der Waals surface area contributed by atoms with E-state index in [0.29, 0.717) is 24.9 Å². The Hall–Kier alpha value is -2.40. The quantitative estimate of drug-likeness (QED) is 0.735. The van der Waals surface area contributed by atoms with Crippen LogP contribution in [0.5, 0.6) is 0 Å². The van der Waals surface area contributed by atoms with Crippen LogP contribution >= 0.6 is 0 Å². The third-order valence-electron chi connectivity index (χ3n) is 3.35. The molecule has 1 aromatic heterocycles. The molecule has 3 N–H and O–H groups in total. The number of anilines is 2. The molecule has 1 amide bonds. The average molecular weight is 299 g/mol. The van der Waals surface area contributed by atoms with Gasteiger partial charge in [0.1, 0.15) is 0 Å². The molecule has 0 aliphatic heterocycles. The van der Waals surface area contributed by atoms with Gasteiger partial charge in [-0.15, -0.1) is 0 Å². The first-order chi connectivity index (χ1) is 10.7. The molecule has 0 aliphatic rings. The van der Waals surface area contributed by atoms with Gasteiger partial charge in [-0.25, -0.2) is 0 Å². The lowest BCUT2D eigenvalue weighted by Crippen LogP contribution is -2.26. The standard InChI is InChI=1S/C17H21N3O2/c1-2-16(21)9-12-19-17(22)13-3-5-14(6-4-13)20-15-7-10-18-11-8-15/h3-8,10-11,16,21H,2,9,12H2,1H3,(H,18,20)(H,19,22). The van der Waals surface area contributed by atoms with Crippen molar-refractivity contribution in [2.75, 3.05) is 11.9 Å². The van der Waals surface area contributed by atoms with Crippen LogP contribution in [-0.2, 0) is 0 Å². The molecule has 1 heterocycles. The van der Waals surface area contributed by atoms with E-state index in [2.05, 4.69) is 15.6 Å². The van der Waals surface area contributed by atoms with Crippen LogP contribution in [0.4, 0.5) is 11.4 Å². The molecule has 1 atom stereocenters. The van der Waals surface area contributed by atoms with Crippen molar-refractivity contribution < 1.29 is 9.90 Å². The molecule has 116 valence electrons. The normalized spacial score (nSPS) is 11.7. The molecular formula is C17H21N3O2.